The Morgan fingerprint density at radius 3 is 2.66 bits per heavy atom. The van der Waals surface area contributed by atoms with E-state index >= 15 is 0 Å². The Hall–Kier alpha value is -4.90. The van der Waals surface area contributed by atoms with E-state index in [0.29, 0.717) is 46.0 Å². The lowest BCUT2D eigenvalue weighted by Gasteiger charge is -2.22. The van der Waals surface area contributed by atoms with Gasteiger partial charge in [-0.05, 0) is 82.2 Å². The van der Waals surface area contributed by atoms with Crippen LogP contribution < -0.4 is 10.1 Å². The second-order valence-corrected chi connectivity index (χ2v) is 11.6. The highest BCUT2D eigenvalue weighted by Gasteiger charge is 2.19. The Morgan fingerprint density at radius 1 is 0.932 bits per heavy atom. The fraction of sp³-hybridized carbons (Fsp3) is 0.303. The zero-order valence-corrected chi connectivity index (χ0v) is 24.8. The van der Waals surface area contributed by atoms with Crippen LogP contribution in [0.25, 0.3) is 56.1 Å². The van der Waals surface area contributed by atoms with Crippen LogP contribution in [0.1, 0.15) is 32.1 Å². The molecule has 0 saturated heterocycles. The highest BCUT2D eigenvalue weighted by atomic mass is 19.1. The first kappa shape index (κ1) is 27.9. The van der Waals surface area contributed by atoms with Gasteiger partial charge in [0.25, 0.3) is 0 Å². The molecular formula is C33H34FN9O. The van der Waals surface area contributed by atoms with E-state index in [1.54, 1.807) is 18.6 Å². The molecule has 1 fully saturated rings. The molecule has 0 spiro atoms. The van der Waals surface area contributed by atoms with Gasteiger partial charge in [-0.1, -0.05) is 6.42 Å². The number of H-pyrrole nitrogens is 2. The van der Waals surface area contributed by atoms with Crippen LogP contribution in [0.3, 0.4) is 0 Å². The summed E-state index contributed by atoms with van der Waals surface area (Å²) >= 11 is 0. The van der Waals surface area contributed by atoms with Crippen LogP contribution in [0.15, 0.2) is 61.1 Å². The van der Waals surface area contributed by atoms with E-state index < -0.39 is 0 Å². The molecule has 224 valence electrons. The van der Waals surface area contributed by atoms with Gasteiger partial charge in [-0.25, -0.2) is 14.4 Å². The number of pyridine rings is 3. The molecule has 6 aromatic rings. The Balaban J connectivity index is 1.21. The number of ether oxygens (including phenoxy) is 1. The van der Waals surface area contributed by atoms with Crippen molar-refractivity contribution in [2.45, 2.75) is 38.2 Å². The van der Waals surface area contributed by atoms with Gasteiger partial charge < -0.3 is 19.9 Å². The fourth-order valence-electron chi connectivity index (χ4n) is 5.73. The first-order valence-corrected chi connectivity index (χ1v) is 15.0. The summed E-state index contributed by atoms with van der Waals surface area (Å²) in [6.07, 6.45) is 11.3. The third-order valence-electron chi connectivity index (χ3n) is 7.96. The highest BCUT2D eigenvalue weighted by Crippen LogP contribution is 2.33. The Labute approximate surface area is 254 Å². The van der Waals surface area contributed by atoms with Gasteiger partial charge in [0.05, 0.1) is 34.7 Å². The number of fused-ring (bicyclic) bond motifs is 2. The minimum atomic E-state index is -0.345. The Bertz CT molecular complexity index is 1930. The third kappa shape index (κ3) is 5.83. The van der Waals surface area contributed by atoms with Crippen molar-refractivity contribution in [2.75, 3.05) is 32.5 Å². The molecule has 11 heteroatoms. The number of aromatic nitrogens is 7. The molecule has 0 bridgehead atoms. The summed E-state index contributed by atoms with van der Waals surface area (Å²) in [6.45, 7) is 1.52. The van der Waals surface area contributed by atoms with E-state index in [9.17, 15) is 4.39 Å². The number of likely N-dealkylation sites (N-methyl/N-ethyl adjacent to an activating group) is 1. The maximum absolute atomic E-state index is 14.7. The van der Waals surface area contributed by atoms with Gasteiger partial charge in [0.15, 0.2) is 11.5 Å². The van der Waals surface area contributed by atoms with Crippen LogP contribution in [-0.4, -0.2) is 73.3 Å². The quantitative estimate of drug-likeness (QED) is 0.175. The van der Waals surface area contributed by atoms with Crippen molar-refractivity contribution in [3.63, 3.8) is 0 Å². The number of halogens is 1. The molecule has 0 aliphatic heterocycles. The largest absolute Gasteiger partial charge is 0.489 e. The lowest BCUT2D eigenvalue weighted by atomic mass is 9.98. The average molecular weight is 592 g/mol. The smallest absolute Gasteiger partial charge is 0.161 e. The summed E-state index contributed by atoms with van der Waals surface area (Å²) < 4.78 is 20.9. The lowest BCUT2D eigenvalue weighted by molar-refractivity contribution is 0.154. The predicted molar refractivity (Wildman–Crippen MR) is 170 cm³/mol. The SMILES string of the molecule is CN(C)CCNc1cc(F)cc(-c2nccc3[nH]c(-c4n[nH]c5ccc(-c6cncc(OC7CCCCC7)c6)nc45)nc23)c1. The number of nitrogens with one attached hydrogen (secondary N) is 3. The van der Waals surface area contributed by atoms with E-state index in [1.165, 1.54) is 31.4 Å². The molecule has 1 aromatic carbocycles. The number of hydrogen-bond acceptors (Lipinski definition) is 8. The molecule has 0 radical (unpaired) electrons. The van der Waals surface area contributed by atoms with Gasteiger partial charge in [0.2, 0.25) is 0 Å². The molecule has 0 amide bonds. The Morgan fingerprint density at radius 2 is 1.80 bits per heavy atom. The molecule has 1 aliphatic carbocycles. The van der Waals surface area contributed by atoms with Gasteiger partial charge in [-0.2, -0.15) is 5.10 Å². The van der Waals surface area contributed by atoms with E-state index in [-0.39, 0.29) is 11.9 Å². The van der Waals surface area contributed by atoms with Crippen LogP contribution in [0.5, 0.6) is 5.75 Å². The summed E-state index contributed by atoms with van der Waals surface area (Å²) in [4.78, 5) is 24.3. The van der Waals surface area contributed by atoms with Gasteiger partial charge in [0, 0.05) is 42.3 Å². The zero-order valence-electron chi connectivity index (χ0n) is 24.8. The molecule has 5 aromatic heterocycles. The first-order valence-electron chi connectivity index (χ1n) is 15.0. The second-order valence-electron chi connectivity index (χ2n) is 11.6. The van der Waals surface area contributed by atoms with Crippen LogP contribution in [-0.2, 0) is 0 Å². The number of anilines is 1. The fourth-order valence-corrected chi connectivity index (χ4v) is 5.73. The summed E-state index contributed by atoms with van der Waals surface area (Å²) in [5.41, 5.74) is 6.95. The van der Waals surface area contributed by atoms with E-state index in [1.807, 2.05) is 44.4 Å². The number of hydrogen-bond donors (Lipinski definition) is 3. The van der Waals surface area contributed by atoms with Crippen molar-refractivity contribution in [2.24, 2.45) is 0 Å². The second kappa shape index (κ2) is 12.0. The summed E-state index contributed by atoms with van der Waals surface area (Å²) in [7, 11) is 4.00. The van der Waals surface area contributed by atoms with E-state index in [4.69, 9.17) is 14.7 Å². The molecule has 10 nitrogen and oxygen atoms in total. The predicted octanol–water partition coefficient (Wildman–Crippen LogP) is 6.45. The maximum atomic E-state index is 14.7. The Kier molecular flexibility index (Phi) is 7.61. The number of imidazole rings is 1. The molecule has 44 heavy (non-hydrogen) atoms. The molecule has 1 saturated carbocycles. The number of rotatable bonds is 9. The van der Waals surface area contributed by atoms with Crippen molar-refractivity contribution in [1.82, 2.24) is 40.0 Å². The van der Waals surface area contributed by atoms with Crippen molar-refractivity contribution in [3.8, 4) is 39.8 Å². The van der Waals surface area contributed by atoms with Gasteiger partial charge >= 0.3 is 0 Å². The third-order valence-corrected chi connectivity index (χ3v) is 7.96. The lowest BCUT2D eigenvalue weighted by Crippen LogP contribution is -2.20. The van der Waals surface area contributed by atoms with E-state index in [2.05, 4.69) is 35.4 Å². The zero-order chi connectivity index (χ0) is 30.0. The maximum Gasteiger partial charge on any atom is 0.161 e. The van der Waals surface area contributed by atoms with Crippen molar-refractivity contribution in [3.05, 3.63) is 66.9 Å². The summed E-state index contributed by atoms with van der Waals surface area (Å²) in [5, 5.41) is 10.9. The normalized spacial score (nSPS) is 14.1. The van der Waals surface area contributed by atoms with Crippen LogP contribution in [0.4, 0.5) is 10.1 Å². The molecule has 3 N–H and O–H groups in total. The standard InChI is InChI=1S/C33H34FN9O/c1-43(2)13-12-36-23-15-20(14-22(34)17-23)29-30-27(10-11-37-29)39-33(40-30)32-31-28(41-42-32)9-8-26(38-31)21-16-25(19-35-18-21)44-24-6-4-3-5-7-24/h8-11,14-19,24,36H,3-7,12-13H2,1-2H3,(H,39,40)(H,41,42). The first-order chi connectivity index (χ1) is 21.5. The molecule has 0 unspecified atom stereocenters. The number of nitrogens with zero attached hydrogens (tertiary/aromatic N) is 6. The van der Waals surface area contributed by atoms with Gasteiger partial charge in [0.1, 0.15) is 22.6 Å². The number of benzene rings is 1. The molecule has 1 aliphatic rings. The van der Waals surface area contributed by atoms with Crippen LogP contribution in [0, 0.1) is 5.82 Å². The van der Waals surface area contributed by atoms with Crippen LogP contribution in [0.2, 0.25) is 0 Å². The minimum Gasteiger partial charge on any atom is -0.489 e. The van der Waals surface area contributed by atoms with E-state index in [0.717, 1.165) is 47.4 Å². The topological polar surface area (TPSA) is 121 Å². The van der Waals surface area contributed by atoms with Gasteiger partial charge in [-0.15, -0.1) is 0 Å². The van der Waals surface area contributed by atoms with Crippen molar-refractivity contribution in [1.29, 1.82) is 0 Å². The molecule has 0 atom stereocenters. The van der Waals surface area contributed by atoms with Gasteiger partial charge in [-0.3, -0.25) is 15.1 Å². The number of aromatic amines is 2. The average Bonchev–Trinajstić information content (AvgIpc) is 3.65. The van der Waals surface area contributed by atoms with Crippen LogP contribution >= 0.6 is 0 Å². The summed E-state index contributed by atoms with van der Waals surface area (Å²) in [6, 6.07) is 12.6. The van der Waals surface area contributed by atoms with Crippen molar-refractivity contribution < 1.29 is 9.13 Å². The van der Waals surface area contributed by atoms with Crippen molar-refractivity contribution >= 4 is 27.8 Å². The highest BCUT2D eigenvalue weighted by molar-refractivity contribution is 5.95. The monoisotopic (exact) mass is 591 g/mol. The molecule has 5 heterocycles. The molecular weight excluding hydrogens is 557 g/mol. The summed E-state index contributed by atoms with van der Waals surface area (Å²) in [5.74, 6) is 0.954. The molecule has 7 rings (SSSR count). The minimum absolute atomic E-state index is 0.238.